The molecule has 1 amide bonds. The zero-order valence-corrected chi connectivity index (χ0v) is 12.5. The van der Waals surface area contributed by atoms with Crippen molar-refractivity contribution in [1.82, 2.24) is 0 Å². The fraction of sp³-hybridized carbons (Fsp3) is 0.105. The van der Waals surface area contributed by atoms with Gasteiger partial charge >= 0.3 is 0 Å². The quantitative estimate of drug-likeness (QED) is 0.756. The number of hydrogen-bond acceptors (Lipinski definition) is 2. The number of aryl methyl sites for hydroxylation is 1. The normalized spacial score (nSPS) is 10.4. The van der Waals surface area contributed by atoms with Gasteiger partial charge in [0.1, 0.15) is 0 Å². The molecular weight excluding hydrogens is 272 g/mol. The van der Waals surface area contributed by atoms with Crippen molar-refractivity contribution in [3.05, 3.63) is 72.3 Å². The molecule has 0 unspecified atom stereocenters. The SMILES string of the molecule is Cc1ccccc1NCC(=O)Nc1cccc2ccccc12. The summed E-state index contributed by atoms with van der Waals surface area (Å²) in [6, 6.07) is 21.9. The summed E-state index contributed by atoms with van der Waals surface area (Å²) < 4.78 is 0. The molecule has 0 saturated carbocycles. The van der Waals surface area contributed by atoms with E-state index >= 15 is 0 Å². The summed E-state index contributed by atoms with van der Waals surface area (Å²) in [4.78, 5) is 12.2. The smallest absolute Gasteiger partial charge is 0.243 e. The van der Waals surface area contributed by atoms with E-state index in [9.17, 15) is 4.79 Å². The van der Waals surface area contributed by atoms with Crippen LogP contribution >= 0.6 is 0 Å². The summed E-state index contributed by atoms with van der Waals surface area (Å²) in [6.45, 7) is 2.26. The summed E-state index contributed by atoms with van der Waals surface area (Å²) >= 11 is 0. The molecular formula is C19H18N2O. The van der Waals surface area contributed by atoms with Crippen LogP contribution in [-0.4, -0.2) is 12.5 Å². The Balaban J connectivity index is 1.70. The molecule has 0 saturated heterocycles. The summed E-state index contributed by atoms with van der Waals surface area (Å²) in [5.74, 6) is -0.0559. The lowest BCUT2D eigenvalue weighted by molar-refractivity contribution is -0.114. The minimum atomic E-state index is -0.0559. The third-order valence-electron chi connectivity index (χ3n) is 3.65. The molecule has 3 heteroatoms. The van der Waals surface area contributed by atoms with E-state index in [1.807, 2.05) is 73.7 Å². The van der Waals surface area contributed by atoms with Crippen LogP contribution in [-0.2, 0) is 4.79 Å². The monoisotopic (exact) mass is 290 g/mol. The Labute approximate surface area is 130 Å². The zero-order valence-electron chi connectivity index (χ0n) is 12.5. The number of rotatable bonds is 4. The van der Waals surface area contributed by atoms with Gasteiger partial charge in [0.15, 0.2) is 0 Å². The highest BCUT2D eigenvalue weighted by Gasteiger charge is 2.06. The molecule has 3 aromatic carbocycles. The highest BCUT2D eigenvalue weighted by atomic mass is 16.1. The molecule has 22 heavy (non-hydrogen) atoms. The van der Waals surface area contributed by atoms with Crippen LogP contribution in [0.2, 0.25) is 0 Å². The van der Waals surface area contributed by atoms with E-state index < -0.39 is 0 Å². The van der Waals surface area contributed by atoms with Gasteiger partial charge in [-0.1, -0.05) is 54.6 Å². The fourth-order valence-electron chi connectivity index (χ4n) is 2.48. The molecule has 3 nitrogen and oxygen atoms in total. The first-order valence-corrected chi connectivity index (χ1v) is 7.31. The van der Waals surface area contributed by atoms with Crippen molar-refractivity contribution < 1.29 is 4.79 Å². The molecule has 0 radical (unpaired) electrons. The predicted octanol–water partition coefficient (Wildman–Crippen LogP) is 4.20. The number of nitrogens with one attached hydrogen (secondary N) is 2. The number of carbonyl (C=O) groups is 1. The van der Waals surface area contributed by atoms with Gasteiger partial charge in [-0.05, 0) is 30.0 Å². The molecule has 0 bridgehead atoms. The van der Waals surface area contributed by atoms with Gasteiger partial charge in [-0.3, -0.25) is 4.79 Å². The van der Waals surface area contributed by atoms with Gasteiger partial charge in [-0.15, -0.1) is 0 Å². The van der Waals surface area contributed by atoms with Gasteiger partial charge in [0.2, 0.25) is 5.91 Å². The summed E-state index contributed by atoms with van der Waals surface area (Å²) in [5, 5.41) is 8.31. The molecule has 0 atom stereocenters. The van der Waals surface area contributed by atoms with Crippen molar-refractivity contribution in [2.45, 2.75) is 6.92 Å². The van der Waals surface area contributed by atoms with Gasteiger partial charge < -0.3 is 10.6 Å². The molecule has 0 spiro atoms. The van der Waals surface area contributed by atoms with E-state index in [2.05, 4.69) is 10.6 Å². The number of fused-ring (bicyclic) bond motifs is 1. The van der Waals surface area contributed by atoms with Gasteiger partial charge in [0.05, 0.1) is 6.54 Å². The van der Waals surface area contributed by atoms with Crippen LogP contribution in [0.1, 0.15) is 5.56 Å². The number of carbonyl (C=O) groups excluding carboxylic acids is 1. The molecule has 110 valence electrons. The van der Waals surface area contributed by atoms with Gasteiger partial charge in [-0.2, -0.15) is 0 Å². The van der Waals surface area contributed by atoms with Crippen LogP contribution in [0, 0.1) is 6.92 Å². The van der Waals surface area contributed by atoms with E-state index in [0.29, 0.717) is 0 Å². The fourth-order valence-corrected chi connectivity index (χ4v) is 2.48. The number of benzene rings is 3. The van der Waals surface area contributed by atoms with Gasteiger partial charge in [-0.25, -0.2) is 0 Å². The van der Waals surface area contributed by atoms with Crippen LogP contribution in [0.15, 0.2) is 66.7 Å². The molecule has 0 aromatic heterocycles. The van der Waals surface area contributed by atoms with Crippen molar-refractivity contribution in [2.75, 3.05) is 17.2 Å². The minimum Gasteiger partial charge on any atom is -0.376 e. The number of para-hydroxylation sites is 1. The second-order valence-corrected chi connectivity index (χ2v) is 5.24. The van der Waals surface area contributed by atoms with E-state index in [1.54, 1.807) is 0 Å². The van der Waals surface area contributed by atoms with E-state index in [1.165, 1.54) is 0 Å². The average molecular weight is 290 g/mol. The maximum absolute atomic E-state index is 12.2. The zero-order chi connectivity index (χ0) is 15.4. The summed E-state index contributed by atoms with van der Waals surface area (Å²) in [5.41, 5.74) is 2.95. The second kappa shape index (κ2) is 6.31. The average Bonchev–Trinajstić information content (AvgIpc) is 2.54. The topological polar surface area (TPSA) is 41.1 Å². The van der Waals surface area contributed by atoms with Crippen molar-refractivity contribution >= 4 is 28.1 Å². The van der Waals surface area contributed by atoms with Crippen LogP contribution in [0.3, 0.4) is 0 Å². The number of hydrogen-bond donors (Lipinski definition) is 2. The lowest BCUT2D eigenvalue weighted by Gasteiger charge is -2.11. The minimum absolute atomic E-state index is 0.0559. The molecule has 2 N–H and O–H groups in total. The molecule has 3 rings (SSSR count). The van der Waals surface area contributed by atoms with Crippen LogP contribution in [0.5, 0.6) is 0 Å². The van der Waals surface area contributed by atoms with Crippen molar-refractivity contribution in [3.63, 3.8) is 0 Å². The maximum Gasteiger partial charge on any atom is 0.243 e. The van der Waals surface area contributed by atoms with Crippen LogP contribution in [0.4, 0.5) is 11.4 Å². The van der Waals surface area contributed by atoms with E-state index in [-0.39, 0.29) is 12.5 Å². The second-order valence-electron chi connectivity index (χ2n) is 5.24. The van der Waals surface area contributed by atoms with Gasteiger partial charge in [0, 0.05) is 16.8 Å². The standard InChI is InChI=1S/C19H18N2O/c1-14-7-2-5-11-17(14)20-13-19(22)21-18-12-6-9-15-8-3-4-10-16(15)18/h2-12,20H,13H2,1H3,(H,21,22). The van der Waals surface area contributed by atoms with E-state index in [4.69, 9.17) is 0 Å². The molecule has 0 aliphatic carbocycles. The molecule has 0 fully saturated rings. The Morgan fingerprint density at radius 2 is 1.55 bits per heavy atom. The van der Waals surface area contributed by atoms with Crippen molar-refractivity contribution in [2.24, 2.45) is 0 Å². The molecule has 0 aliphatic heterocycles. The Hall–Kier alpha value is -2.81. The predicted molar refractivity (Wildman–Crippen MR) is 92.2 cm³/mol. The Morgan fingerprint density at radius 3 is 2.41 bits per heavy atom. The summed E-state index contributed by atoms with van der Waals surface area (Å²) in [6.07, 6.45) is 0. The first kappa shape index (κ1) is 14.1. The van der Waals surface area contributed by atoms with Gasteiger partial charge in [0.25, 0.3) is 0 Å². The van der Waals surface area contributed by atoms with Crippen molar-refractivity contribution in [3.8, 4) is 0 Å². The van der Waals surface area contributed by atoms with E-state index in [0.717, 1.165) is 27.7 Å². The van der Waals surface area contributed by atoms with Crippen LogP contribution in [0.25, 0.3) is 10.8 Å². The third kappa shape index (κ3) is 3.09. The summed E-state index contributed by atoms with van der Waals surface area (Å²) in [7, 11) is 0. The lowest BCUT2D eigenvalue weighted by atomic mass is 10.1. The first-order chi connectivity index (χ1) is 10.7. The van der Waals surface area contributed by atoms with Crippen LogP contribution < -0.4 is 10.6 Å². The Kier molecular flexibility index (Phi) is 4.05. The molecule has 0 aliphatic rings. The molecule has 0 heterocycles. The number of anilines is 2. The Bertz CT molecular complexity index is 806. The first-order valence-electron chi connectivity index (χ1n) is 7.31. The molecule has 3 aromatic rings. The third-order valence-corrected chi connectivity index (χ3v) is 3.65. The number of amides is 1. The maximum atomic E-state index is 12.2. The van der Waals surface area contributed by atoms with Crippen molar-refractivity contribution in [1.29, 1.82) is 0 Å². The highest BCUT2D eigenvalue weighted by Crippen LogP contribution is 2.22. The highest BCUT2D eigenvalue weighted by molar-refractivity contribution is 6.03. The lowest BCUT2D eigenvalue weighted by Crippen LogP contribution is -2.22. The Morgan fingerprint density at radius 1 is 0.864 bits per heavy atom. The largest absolute Gasteiger partial charge is 0.376 e.